The first-order valence-corrected chi connectivity index (χ1v) is 8.39. The minimum atomic E-state index is -0.624. The average Bonchev–Trinajstić information content (AvgIpc) is 3.03. The number of hydrogen-bond acceptors (Lipinski definition) is 5. The lowest BCUT2D eigenvalue weighted by atomic mass is 9.78. The Hall–Kier alpha value is -2.35. The van der Waals surface area contributed by atoms with E-state index < -0.39 is 11.5 Å². The van der Waals surface area contributed by atoms with Gasteiger partial charge in [0.2, 0.25) is 0 Å². The highest BCUT2D eigenvalue weighted by molar-refractivity contribution is 7.17. The Morgan fingerprint density at radius 1 is 1.38 bits per heavy atom. The number of ether oxygens (including phenoxy) is 1. The summed E-state index contributed by atoms with van der Waals surface area (Å²) in [6.45, 7) is 8.14. The predicted molar refractivity (Wildman–Crippen MR) is 91.7 cm³/mol. The third kappa shape index (κ3) is 2.77. The number of rotatable bonds is 3. The van der Waals surface area contributed by atoms with E-state index in [1.54, 1.807) is 6.07 Å². The van der Waals surface area contributed by atoms with Crippen molar-refractivity contribution in [1.82, 2.24) is 10.2 Å². The van der Waals surface area contributed by atoms with Gasteiger partial charge in [-0.1, -0.05) is 13.8 Å². The first kappa shape index (κ1) is 16.5. The highest BCUT2D eigenvalue weighted by Crippen LogP contribution is 2.53. The smallest absolute Gasteiger partial charge is 0.274 e. The number of hydrogen-bond donors (Lipinski definition) is 3. The van der Waals surface area contributed by atoms with Crippen LogP contribution in [0.3, 0.4) is 0 Å². The highest BCUT2D eigenvalue weighted by atomic mass is 32.1. The van der Waals surface area contributed by atoms with E-state index in [2.05, 4.69) is 29.4 Å². The van der Waals surface area contributed by atoms with Gasteiger partial charge in [0.1, 0.15) is 27.6 Å². The molecule has 0 unspecified atom stereocenters. The van der Waals surface area contributed by atoms with Gasteiger partial charge in [0.05, 0.1) is 4.88 Å². The molecule has 3 rings (SSSR count). The molecule has 0 saturated heterocycles. The molecule has 2 aromatic heterocycles. The number of nitrogens with two attached hydrogens (primary N) is 1. The lowest BCUT2D eigenvalue weighted by Gasteiger charge is -2.40. The lowest BCUT2D eigenvalue weighted by Crippen LogP contribution is -2.41. The van der Waals surface area contributed by atoms with Gasteiger partial charge in [-0.2, -0.15) is 5.10 Å². The van der Waals surface area contributed by atoms with Crippen molar-refractivity contribution in [3.05, 3.63) is 28.4 Å². The molecule has 0 aromatic carbocycles. The summed E-state index contributed by atoms with van der Waals surface area (Å²) < 4.78 is 6.04. The van der Waals surface area contributed by atoms with Crippen LogP contribution < -0.4 is 15.8 Å². The Morgan fingerprint density at radius 3 is 2.67 bits per heavy atom. The first-order valence-electron chi connectivity index (χ1n) is 7.57. The zero-order valence-electron chi connectivity index (χ0n) is 14.0. The first-order chi connectivity index (χ1) is 11.1. The topological polar surface area (TPSA) is 110 Å². The molecule has 0 aliphatic carbocycles. The standard InChI is InChI=1S/C16H20N4O3S/c1-15(2)7-16(3,4)23-10-9(12(17)21)14(24-11(10)15)19-13(22)8-5-6-18-20-8/h5-6H,7H2,1-4H3,(H2,17,21)(H,18,20)(H,19,22). The molecule has 0 saturated carbocycles. The molecule has 1 aliphatic rings. The maximum absolute atomic E-state index is 12.3. The molecule has 0 spiro atoms. The number of fused-ring (bicyclic) bond motifs is 1. The summed E-state index contributed by atoms with van der Waals surface area (Å²) >= 11 is 1.33. The fraction of sp³-hybridized carbons (Fsp3) is 0.438. The molecule has 7 nitrogen and oxygen atoms in total. The fourth-order valence-corrected chi connectivity index (χ4v) is 4.51. The van der Waals surface area contributed by atoms with E-state index in [-0.39, 0.29) is 16.9 Å². The van der Waals surface area contributed by atoms with Crippen molar-refractivity contribution in [3.8, 4) is 5.75 Å². The van der Waals surface area contributed by atoms with Gasteiger partial charge in [-0.15, -0.1) is 11.3 Å². The van der Waals surface area contributed by atoms with E-state index >= 15 is 0 Å². The van der Waals surface area contributed by atoms with Crippen molar-refractivity contribution >= 4 is 28.2 Å². The number of H-pyrrole nitrogens is 1. The number of anilines is 1. The van der Waals surface area contributed by atoms with Gasteiger partial charge < -0.3 is 15.8 Å². The van der Waals surface area contributed by atoms with Crippen molar-refractivity contribution < 1.29 is 14.3 Å². The van der Waals surface area contributed by atoms with Crippen LogP contribution in [0.2, 0.25) is 0 Å². The van der Waals surface area contributed by atoms with Crippen molar-refractivity contribution in [3.63, 3.8) is 0 Å². The van der Waals surface area contributed by atoms with Crippen LogP contribution in [0, 0.1) is 0 Å². The molecular formula is C16H20N4O3S. The second-order valence-corrected chi connectivity index (χ2v) is 8.20. The Balaban J connectivity index is 2.07. The van der Waals surface area contributed by atoms with Gasteiger partial charge >= 0.3 is 0 Å². The van der Waals surface area contributed by atoms with Crippen LogP contribution in [0.15, 0.2) is 12.3 Å². The van der Waals surface area contributed by atoms with Gasteiger partial charge in [0.15, 0.2) is 0 Å². The number of thiophene rings is 1. The van der Waals surface area contributed by atoms with Crippen molar-refractivity contribution in [2.45, 2.75) is 45.1 Å². The molecule has 128 valence electrons. The number of primary amides is 1. The van der Waals surface area contributed by atoms with E-state index in [0.717, 1.165) is 11.3 Å². The van der Waals surface area contributed by atoms with Crippen molar-refractivity contribution in [2.75, 3.05) is 5.32 Å². The van der Waals surface area contributed by atoms with Crippen LogP contribution in [-0.2, 0) is 5.41 Å². The number of carbonyl (C=O) groups is 2. The second kappa shape index (κ2) is 5.34. The van der Waals surface area contributed by atoms with Gasteiger partial charge in [-0.05, 0) is 26.3 Å². The van der Waals surface area contributed by atoms with Gasteiger partial charge in [-0.25, -0.2) is 0 Å². The highest BCUT2D eigenvalue weighted by Gasteiger charge is 2.43. The van der Waals surface area contributed by atoms with E-state index in [1.165, 1.54) is 17.5 Å². The van der Waals surface area contributed by atoms with Gasteiger partial charge in [-0.3, -0.25) is 14.7 Å². The van der Waals surface area contributed by atoms with Crippen LogP contribution >= 0.6 is 11.3 Å². The maximum Gasteiger partial charge on any atom is 0.274 e. The molecule has 8 heteroatoms. The zero-order chi connectivity index (χ0) is 17.7. The Bertz CT molecular complexity index is 806. The number of nitrogens with zero attached hydrogens (tertiary/aromatic N) is 1. The third-order valence-corrected chi connectivity index (χ3v) is 5.40. The van der Waals surface area contributed by atoms with Crippen LogP contribution in [0.4, 0.5) is 5.00 Å². The number of aromatic amines is 1. The van der Waals surface area contributed by atoms with Crippen molar-refractivity contribution in [2.24, 2.45) is 5.73 Å². The molecule has 1 aliphatic heterocycles. The van der Waals surface area contributed by atoms with Crippen LogP contribution in [0.25, 0.3) is 0 Å². The molecule has 4 N–H and O–H groups in total. The van der Waals surface area contributed by atoms with E-state index in [9.17, 15) is 9.59 Å². The summed E-state index contributed by atoms with van der Waals surface area (Å²) in [4.78, 5) is 25.2. The molecule has 2 amide bonds. The quantitative estimate of drug-likeness (QED) is 0.792. The molecule has 0 fully saturated rings. The number of nitrogens with one attached hydrogen (secondary N) is 2. The minimum absolute atomic E-state index is 0.192. The minimum Gasteiger partial charge on any atom is -0.486 e. The van der Waals surface area contributed by atoms with Crippen LogP contribution in [0.1, 0.15) is 59.8 Å². The van der Waals surface area contributed by atoms with E-state index in [4.69, 9.17) is 10.5 Å². The Labute approximate surface area is 143 Å². The summed E-state index contributed by atoms with van der Waals surface area (Å²) in [5.41, 5.74) is 5.48. The number of carbonyl (C=O) groups excluding carboxylic acids is 2. The Morgan fingerprint density at radius 2 is 2.08 bits per heavy atom. The summed E-state index contributed by atoms with van der Waals surface area (Å²) in [5.74, 6) is -0.528. The molecule has 24 heavy (non-hydrogen) atoms. The van der Waals surface area contributed by atoms with Gasteiger partial charge in [0, 0.05) is 11.6 Å². The van der Waals surface area contributed by atoms with Crippen molar-refractivity contribution in [1.29, 1.82) is 0 Å². The number of amides is 2. The maximum atomic E-state index is 12.3. The molecule has 0 radical (unpaired) electrons. The SMILES string of the molecule is CC1(C)CC(C)(C)c2sc(NC(=O)c3ccn[nH]3)c(C(N)=O)c2O1. The van der Waals surface area contributed by atoms with E-state index in [1.807, 2.05) is 13.8 Å². The van der Waals surface area contributed by atoms with Crippen LogP contribution in [-0.4, -0.2) is 27.6 Å². The summed E-state index contributed by atoms with van der Waals surface area (Å²) in [7, 11) is 0. The lowest BCUT2D eigenvalue weighted by molar-refractivity contribution is 0.0545. The monoisotopic (exact) mass is 348 g/mol. The summed E-state index contributed by atoms with van der Waals surface area (Å²) in [5, 5.41) is 9.49. The normalized spacial score (nSPS) is 17.7. The largest absolute Gasteiger partial charge is 0.486 e. The molecule has 0 bridgehead atoms. The predicted octanol–water partition coefficient (Wildman–Crippen LogP) is 2.66. The second-order valence-electron chi connectivity index (χ2n) is 7.18. The number of aromatic nitrogens is 2. The summed E-state index contributed by atoms with van der Waals surface area (Å²) in [6.07, 6.45) is 2.28. The molecule has 2 aromatic rings. The zero-order valence-corrected chi connectivity index (χ0v) is 14.8. The molecule has 3 heterocycles. The third-order valence-electron chi connectivity index (χ3n) is 3.94. The molecule has 0 atom stereocenters. The van der Waals surface area contributed by atoms with Crippen LogP contribution in [0.5, 0.6) is 5.75 Å². The van der Waals surface area contributed by atoms with E-state index in [0.29, 0.717) is 16.4 Å². The summed E-state index contributed by atoms with van der Waals surface area (Å²) in [6, 6.07) is 1.55. The fourth-order valence-electron chi connectivity index (χ4n) is 3.28. The Kier molecular flexibility index (Phi) is 3.67. The average molecular weight is 348 g/mol. The van der Waals surface area contributed by atoms with Gasteiger partial charge in [0.25, 0.3) is 11.8 Å². The molecular weight excluding hydrogens is 328 g/mol.